The Morgan fingerprint density at radius 2 is 1.28 bits per heavy atom. The quantitative estimate of drug-likeness (QED) is 0.231. The highest BCUT2D eigenvalue weighted by Gasteiger charge is 2.24. The smallest absolute Gasteiger partial charge is 0.152 e. The lowest BCUT2D eigenvalue weighted by atomic mass is 10.2. The molecule has 0 saturated heterocycles. The lowest BCUT2D eigenvalue weighted by Crippen LogP contribution is -2.47. The normalized spacial score (nSPS) is 14.1. The first kappa shape index (κ1) is 23.6. The van der Waals surface area contributed by atoms with Crippen LogP contribution in [0.4, 0.5) is 17.2 Å². The second-order valence-electron chi connectivity index (χ2n) is 7.16. The van der Waals surface area contributed by atoms with Gasteiger partial charge >= 0.3 is 0 Å². The van der Waals surface area contributed by atoms with Crippen molar-refractivity contribution in [2.75, 3.05) is 107 Å². The number of rotatable bonds is 14. The molecule has 0 atom stereocenters. The Hall–Kier alpha value is -1.69. The zero-order chi connectivity index (χ0) is 21.1. The van der Waals surface area contributed by atoms with Gasteiger partial charge in [-0.05, 0) is 6.07 Å². The van der Waals surface area contributed by atoms with Crippen LogP contribution in [0.3, 0.4) is 0 Å². The molecule has 6 N–H and O–H groups in total. The maximum absolute atomic E-state index is 9.20. The molecular formula is C19H36N6O4. The minimum atomic E-state index is 0.0665. The third-order valence-electron chi connectivity index (χ3n) is 5.19. The average molecular weight is 413 g/mol. The van der Waals surface area contributed by atoms with Gasteiger partial charge in [-0.3, -0.25) is 9.80 Å². The summed E-state index contributed by atoms with van der Waals surface area (Å²) in [4.78, 5) is 13.1. The van der Waals surface area contributed by atoms with Crippen molar-refractivity contribution >= 4 is 17.2 Å². The van der Waals surface area contributed by atoms with Crippen molar-refractivity contribution in [3.05, 3.63) is 12.3 Å². The van der Waals surface area contributed by atoms with Crippen molar-refractivity contribution in [1.29, 1.82) is 0 Å². The molecule has 0 aliphatic carbocycles. The Morgan fingerprint density at radius 3 is 1.79 bits per heavy atom. The summed E-state index contributed by atoms with van der Waals surface area (Å²) in [6.45, 7) is 7.02. The molecule has 10 heteroatoms. The lowest BCUT2D eigenvalue weighted by Gasteiger charge is -2.39. The topological polar surface area (TPSA) is 133 Å². The summed E-state index contributed by atoms with van der Waals surface area (Å²) in [6, 6.07) is 1.94. The number of hydrogen-bond acceptors (Lipinski definition) is 10. The fourth-order valence-corrected chi connectivity index (χ4v) is 3.62. The molecule has 0 radical (unpaired) electrons. The zero-order valence-electron chi connectivity index (χ0n) is 17.2. The molecule has 0 fully saturated rings. The highest BCUT2D eigenvalue weighted by molar-refractivity contribution is 5.72. The number of nitrogens with zero attached hydrogens (tertiary/aromatic N) is 5. The van der Waals surface area contributed by atoms with E-state index in [0.717, 1.165) is 50.8 Å². The van der Waals surface area contributed by atoms with E-state index in [4.69, 9.17) is 5.73 Å². The van der Waals surface area contributed by atoms with Crippen molar-refractivity contribution in [2.24, 2.45) is 0 Å². The van der Waals surface area contributed by atoms with Gasteiger partial charge in [-0.2, -0.15) is 0 Å². The number of aliphatic hydroxyl groups excluding tert-OH is 4. The summed E-state index contributed by atoms with van der Waals surface area (Å²) in [5.74, 6) is 0.884. The third-order valence-corrected chi connectivity index (χ3v) is 5.19. The van der Waals surface area contributed by atoms with Gasteiger partial charge in [0.15, 0.2) is 5.82 Å². The van der Waals surface area contributed by atoms with Gasteiger partial charge < -0.3 is 36.0 Å². The summed E-state index contributed by atoms with van der Waals surface area (Å²) in [7, 11) is 0. The Morgan fingerprint density at radius 1 is 0.793 bits per heavy atom. The maximum Gasteiger partial charge on any atom is 0.152 e. The van der Waals surface area contributed by atoms with E-state index in [0.29, 0.717) is 31.9 Å². The second-order valence-corrected chi connectivity index (χ2v) is 7.16. The highest BCUT2D eigenvalue weighted by atomic mass is 16.3. The first-order valence-electron chi connectivity index (χ1n) is 10.3. The molecule has 0 saturated carbocycles. The molecule has 2 heterocycles. The van der Waals surface area contributed by atoms with Gasteiger partial charge in [-0.25, -0.2) is 4.98 Å². The van der Waals surface area contributed by atoms with Gasteiger partial charge in [-0.15, -0.1) is 0 Å². The van der Waals surface area contributed by atoms with Gasteiger partial charge in [0, 0.05) is 65.4 Å². The number of anilines is 3. The molecule has 10 nitrogen and oxygen atoms in total. The summed E-state index contributed by atoms with van der Waals surface area (Å²) < 4.78 is 0. The number of hydrogen-bond donors (Lipinski definition) is 5. The number of fused-ring (bicyclic) bond motifs is 1. The third kappa shape index (κ3) is 7.25. The van der Waals surface area contributed by atoms with Crippen LogP contribution in [0.2, 0.25) is 0 Å². The predicted molar refractivity (Wildman–Crippen MR) is 114 cm³/mol. The first-order valence-corrected chi connectivity index (χ1v) is 10.3. The molecule has 0 aromatic carbocycles. The van der Waals surface area contributed by atoms with E-state index in [9.17, 15) is 20.4 Å². The van der Waals surface area contributed by atoms with E-state index in [-0.39, 0.29) is 26.4 Å². The summed E-state index contributed by atoms with van der Waals surface area (Å²) in [5, 5.41) is 36.8. The van der Waals surface area contributed by atoms with Crippen LogP contribution in [-0.2, 0) is 0 Å². The minimum Gasteiger partial charge on any atom is -0.397 e. The molecule has 0 unspecified atom stereocenters. The van der Waals surface area contributed by atoms with E-state index in [1.807, 2.05) is 15.9 Å². The first-order chi connectivity index (χ1) is 14.1. The fourth-order valence-electron chi connectivity index (χ4n) is 3.62. The van der Waals surface area contributed by atoms with Crippen LogP contribution in [0, 0.1) is 0 Å². The molecule has 29 heavy (non-hydrogen) atoms. The Kier molecular flexibility index (Phi) is 10.4. The van der Waals surface area contributed by atoms with Gasteiger partial charge in [0.25, 0.3) is 0 Å². The van der Waals surface area contributed by atoms with Crippen LogP contribution in [-0.4, -0.2) is 127 Å². The van der Waals surface area contributed by atoms with E-state index in [2.05, 4.69) is 14.8 Å². The van der Waals surface area contributed by atoms with Gasteiger partial charge in [0.05, 0.1) is 44.0 Å². The Bertz CT molecular complexity index is 582. The Balaban J connectivity index is 2.04. The van der Waals surface area contributed by atoms with Gasteiger partial charge in [0.2, 0.25) is 0 Å². The fraction of sp³-hybridized carbons (Fsp3) is 0.737. The molecule has 166 valence electrons. The largest absolute Gasteiger partial charge is 0.397 e. The van der Waals surface area contributed by atoms with Crippen LogP contribution in [0.1, 0.15) is 0 Å². The number of nitrogen functional groups attached to an aromatic ring is 1. The van der Waals surface area contributed by atoms with Crippen LogP contribution in [0.5, 0.6) is 0 Å². The molecule has 0 spiro atoms. The number of aliphatic hydroxyl groups is 4. The monoisotopic (exact) mass is 412 g/mol. The van der Waals surface area contributed by atoms with E-state index >= 15 is 0 Å². The van der Waals surface area contributed by atoms with Crippen LogP contribution < -0.4 is 15.5 Å². The van der Waals surface area contributed by atoms with E-state index < -0.39 is 0 Å². The lowest BCUT2D eigenvalue weighted by molar-refractivity contribution is 0.162. The summed E-state index contributed by atoms with van der Waals surface area (Å²) in [5.41, 5.74) is 7.59. The SMILES string of the molecule is Nc1cnc2c(c1)N(CCN(CCO)CCO)CCN2CCN(CCO)CCO. The molecule has 2 rings (SSSR count). The maximum atomic E-state index is 9.20. The standard InChI is InChI=1S/C19H36N6O4/c20-17-15-18-19(21-16-17)25(4-2-23(9-13-28)10-14-29)6-5-24(18)3-1-22(7-11-26)8-12-27/h15-16,26-29H,1-14,20H2. The van der Waals surface area contributed by atoms with Crippen molar-refractivity contribution < 1.29 is 20.4 Å². The van der Waals surface area contributed by atoms with Crippen molar-refractivity contribution in [1.82, 2.24) is 14.8 Å². The van der Waals surface area contributed by atoms with Gasteiger partial charge in [0.1, 0.15) is 0 Å². The molecule has 1 aromatic heterocycles. The summed E-state index contributed by atoms with van der Waals surface area (Å²) >= 11 is 0. The molecule has 0 bridgehead atoms. The highest BCUT2D eigenvalue weighted by Crippen LogP contribution is 2.32. The van der Waals surface area contributed by atoms with Crippen molar-refractivity contribution in [3.8, 4) is 0 Å². The molecule has 0 amide bonds. The van der Waals surface area contributed by atoms with Crippen LogP contribution in [0.15, 0.2) is 12.3 Å². The molecule has 1 aromatic rings. The Labute approximate surface area is 172 Å². The van der Waals surface area contributed by atoms with Crippen LogP contribution >= 0.6 is 0 Å². The van der Waals surface area contributed by atoms with E-state index in [1.165, 1.54) is 0 Å². The molecule has 1 aliphatic rings. The minimum absolute atomic E-state index is 0.0665. The predicted octanol–water partition coefficient (Wildman–Crippen LogP) is -2.14. The molecule has 1 aliphatic heterocycles. The molecular weight excluding hydrogens is 376 g/mol. The van der Waals surface area contributed by atoms with Crippen LogP contribution in [0.25, 0.3) is 0 Å². The number of pyridine rings is 1. The zero-order valence-corrected chi connectivity index (χ0v) is 17.2. The number of aromatic nitrogens is 1. The average Bonchev–Trinajstić information content (AvgIpc) is 2.71. The van der Waals surface area contributed by atoms with Crippen molar-refractivity contribution in [2.45, 2.75) is 0 Å². The van der Waals surface area contributed by atoms with Crippen molar-refractivity contribution in [3.63, 3.8) is 0 Å². The second kappa shape index (κ2) is 12.8. The number of nitrogens with two attached hydrogens (primary N) is 1. The summed E-state index contributed by atoms with van der Waals surface area (Å²) in [6.07, 6.45) is 1.67. The van der Waals surface area contributed by atoms with E-state index in [1.54, 1.807) is 6.20 Å². The van der Waals surface area contributed by atoms with Gasteiger partial charge in [-0.1, -0.05) is 0 Å².